The maximum absolute atomic E-state index is 12.6. The summed E-state index contributed by atoms with van der Waals surface area (Å²) < 4.78 is 16.3. The van der Waals surface area contributed by atoms with Gasteiger partial charge >= 0.3 is 0 Å². The van der Waals surface area contributed by atoms with Crippen LogP contribution in [0.3, 0.4) is 0 Å². The summed E-state index contributed by atoms with van der Waals surface area (Å²) in [6.07, 6.45) is 0. The van der Waals surface area contributed by atoms with Crippen LogP contribution in [0.1, 0.15) is 10.4 Å². The van der Waals surface area contributed by atoms with E-state index in [2.05, 4.69) is 10.3 Å². The van der Waals surface area contributed by atoms with Crippen LogP contribution in [0.5, 0.6) is 11.5 Å². The molecule has 0 aliphatic rings. The van der Waals surface area contributed by atoms with Gasteiger partial charge in [0.05, 0.1) is 19.8 Å². The zero-order valence-electron chi connectivity index (χ0n) is 15.4. The van der Waals surface area contributed by atoms with Crippen LogP contribution >= 0.6 is 0 Å². The first kappa shape index (κ1) is 17.6. The maximum Gasteiger partial charge on any atom is 0.259 e. The van der Waals surface area contributed by atoms with E-state index in [9.17, 15) is 4.79 Å². The molecule has 4 rings (SSSR count). The molecule has 0 aliphatic heterocycles. The van der Waals surface area contributed by atoms with Crippen LogP contribution in [-0.4, -0.2) is 25.1 Å². The monoisotopic (exact) mass is 374 g/mol. The Labute approximate surface area is 161 Å². The van der Waals surface area contributed by atoms with E-state index in [4.69, 9.17) is 13.9 Å². The highest BCUT2D eigenvalue weighted by Gasteiger charge is 2.14. The molecule has 0 saturated heterocycles. The minimum absolute atomic E-state index is 0.256. The minimum atomic E-state index is -0.256. The number of nitrogens with zero attached hydrogens (tertiary/aromatic N) is 1. The molecule has 0 spiro atoms. The fraction of sp³-hybridized carbons (Fsp3) is 0.0909. The predicted octanol–water partition coefficient (Wildman–Crippen LogP) is 4.76. The lowest BCUT2D eigenvalue weighted by Crippen LogP contribution is -2.13. The standard InChI is InChI=1S/C22H18N2O4/c1-26-16-7-5-6-14(12-16)22-24-18-13-15(10-11-20(18)28-22)23-21(25)17-8-3-4-9-19(17)27-2/h3-13H,1-2H3,(H,23,25). The summed E-state index contributed by atoms with van der Waals surface area (Å²) in [7, 11) is 3.15. The quantitative estimate of drug-likeness (QED) is 0.545. The van der Waals surface area contributed by atoms with E-state index in [0.29, 0.717) is 34.0 Å². The summed E-state index contributed by atoms with van der Waals surface area (Å²) in [5.41, 5.74) is 3.18. The number of anilines is 1. The van der Waals surface area contributed by atoms with Crippen molar-refractivity contribution < 1.29 is 18.7 Å². The highest BCUT2D eigenvalue weighted by atomic mass is 16.5. The molecular weight excluding hydrogens is 356 g/mol. The third-order valence-corrected chi connectivity index (χ3v) is 4.31. The van der Waals surface area contributed by atoms with E-state index < -0.39 is 0 Å². The molecule has 0 bridgehead atoms. The third-order valence-electron chi connectivity index (χ3n) is 4.31. The number of rotatable bonds is 5. The van der Waals surface area contributed by atoms with Gasteiger partial charge in [-0.2, -0.15) is 0 Å². The highest BCUT2D eigenvalue weighted by molar-refractivity contribution is 6.06. The van der Waals surface area contributed by atoms with Crippen LogP contribution in [0.15, 0.2) is 71.1 Å². The smallest absolute Gasteiger partial charge is 0.259 e. The normalized spacial score (nSPS) is 10.6. The molecule has 6 nitrogen and oxygen atoms in total. The van der Waals surface area contributed by atoms with Gasteiger partial charge in [0.2, 0.25) is 5.89 Å². The number of para-hydroxylation sites is 1. The number of fused-ring (bicyclic) bond motifs is 1. The van der Waals surface area contributed by atoms with Crippen molar-refractivity contribution in [3.8, 4) is 23.0 Å². The lowest BCUT2D eigenvalue weighted by molar-refractivity contribution is 0.102. The number of oxazole rings is 1. The predicted molar refractivity (Wildman–Crippen MR) is 107 cm³/mol. The Morgan fingerprint density at radius 2 is 1.82 bits per heavy atom. The molecule has 4 aromatic rings. The summed E-state index contributed by atoms with van der Waals surface area (Å²) >= 11 is 0. The summed E-state index contributed by atoms with van der Waals surface area (Å²) in [5, 5.41) is 2.87. The van der Waals surface area contributed by atoms with Gasteiger partial charge in [0, 0.05) is 11.3 Å². The van der Waals surface area contributed by atoms with Crippen molar-refractivity contribution in [3.63, 3.8) is 0 Å². The van der Waals surface area contributed by atoms with E-state index in [0.717, 1.165) is 11.3 Å². The van der Waals surface area contributed by atoms with Gasteiger partial charge < -0.3 is 19.2 Å². The Kier molecular flexibility index (Phi) is 4.68. The van der Waals surface area contributed by atoms with Crippen molar-refractivity contribution in [2.45, 2.75) is 0 Å². The molecule has 0 atom stereocenters. The van der Waals surface area contributed by atoms with Crippen LogP contribution < -0.4 is 14.8 Å². The number of benzene rings is 3. The van der Waals surface area contributed by atoms with Crippen LogP contribution in [0.2, 0.25) is 0 Å². The molecule has 1 aromatic heterocycles. The Bertz CT molecular complexity index is 1150. The first-order valence-electron chi connectivity index (χ1n) is 8.67. The van der Waals surface area contributed by atoms with Gasteiger partial charge in [-0.1, -0.05) is 18.2 Å². The molecule has 3 aromatic carbocycles. The van der Waals surface area contributed by atoms with Gasteiger partial charge in [-0.05, 0) is 48.5 Å². The van der Waals surface area contributed by atoms with Gasteiger partial charge in [0.1, 0.15) is 17.0 Å². The van der Waals surface area contributed by atoms with E-state index in [-0.39, 0.29) is 5.91 Å². The first-order chi connectivity index (χ1) is 13.7. The Morgan fingerprint density at radius 3 is 2.64 bits per heavy atom. The molecule has 0 aliphatic carbocycles. The van der Waals surface area contributed by atoms with Gasteiger partial charge in [-0.15, -0.1) is 0 Å². The number of hydrogen-bond acceptors (Lipinski definition) is 5. The molecule has 0 fully saturated rings. The molecular formula is C22H18N2O4. The first-order valence-corrected chi connectivity index (χ1v) is 8.67. The molecule has 1 N–H and O–H groups in total. The van der Waals surface area contributed by atoms with Gasteiger partial charge in [-0.3, -0.25) is 4.79 Å². The average Bonchev–Trinajstić information content (AvgIpc) is 3.17. The highest BCUT2D eigenvalue weighted by Crippen LogP contribution is 2.28. The minimum Gasteiger partial charge on any atom is -0.497 e. The second kappa shape index (κ2) is 7.44. The van der Waals surface area contributed by atoms with Gasteiger partial charge in [0.25, 0.3) is 5.91 Å². The van der Waals surface area contributed by atoms with Crippen LogP contribution in [-0.2, 0) is 0 Å². The van der Waals surface area contributed by atoms with Crippen molar-refractivity contribution in [3.05, 3.63) is 72.3 Å². The number of amides is 1. The number of hydrogen-bond donors (Lipinski definition) is 1. The molecule has 6 heteroatoms. The van der Waals surface area contributed by atoms with Crippen molar-refractivity contribution in [2.75, 3.05) is 19.5 Å². The number of carbonyl (C=O) groups is 1. The summed E-state index contributed by atoms with van der Waals surface area (Å²) in [4.78, 5) is 17.1. The molecule has 0 unspecified atom stereocenters. The fourth-order valence-corrected chi connectivity index (χ4v) is 2.92. The topological polar surface area (TPSA) is 73.6 Å². The second-order valence-electron chi connectivity index (χ2n) is 6.09. The van der Waals surface area contributed by atoms with Crippen LogP contribution in [0, 0.1) is 0 Å². The fourth-order valence-electron chi connectivity index (χ4n) is 2.92. The molecule has 28 heavy (non-hydrogen) atoms. The average molecular weight is 374 g/mol. The molecule has 140 valence electrons. The largest absolute Gasteiger partial charge is 0.497 e. The Morgan fingerprint density at radius 1 is 0.964 bits per heavy atom. The summed E-state index contributed by atoms with van der Waals surface area (Å²) in [6.45, 7) is 0. The number of ether oxygens (including phenoxy) is 2. The molecule has 1 heterocycles. The lowest BCUT2D eigenvalue weighted by atomic mass is 10.2. The summed E-state index contributed by atoms with van der Waals surface area (Å²) in [5.74, 6) is 1.47. The lowest BCUT2D eigenvalue weighted by Gasteiger charge is -2.08. The van der Waals surface area contributed by atoms with Crippen molar-refractivity contribution in [1.82, 2.24) is 4.98 Å². The van der Waals surface area contributed by atoms with Crippen LogP contribution in [0.4, 0.5) is 5.69 Å². The van der Waals surface area contributed by atoms with E-state index >= 15 is 0 Å². The number of nitrogens with one attached hydrogen (secondary N) is 1. The SMILES string of the molecule is COc1cccc(-c2nc3cc(NC(=O)c4ccccc4OC)ccc3o2)c1. The van der Waals surface area contributed by atoms with Crippen molar-refractivity contribution in [1.29, 1.82) is 0 Å². The van der Waals surface area contributed by atoms with Crippen LogP contribution in [0.25, 0.3) is 22.6 Å². The molecule has 0 saturated carbocycles. The molecule has 0 radical (unpaired) electrons. The Hall–Kier alpha value is -3.80. The Balaban J connectivity index is 1.62. The maximum atomic E-state index is 12.6. The van der Waals surface area contributed by atoms with Gasteiger partial charge in [0.15, 0.2) is 5.58 Å². The molecule has 1 amide bonds. The summed E-state index contributed by atoms with van der Waals surface area (Å²) in [6, 6.07) is 19.9. The number of aromatic nitrogens is 1. The van der Waals surface area contributed by atoms with Crippen molar-refractivity contribution >= 4 is 22.7 Å². The van der Waals surface area contributed by atoms with E-state index in [1.54, 1.807) is 43.5 Å². The number of methoxy groups -OCH3 is 2. The van der Waals surface area contributed by atoms with E-state index in [1.165, 1.54) is 7.11 Å². The van der Waals surface area contributed by atoms with Crippen molar-refractivity contribution in [2.24, 2.45) is 0 Å². The third kappa shape index (κ3) is 3.40. The number of carbonyl (C=O) groups excluding carboxylic acids is 1. The zero-order chi connectivity index (χ0) is 19.5. The van der Waals surface area contributed by atoms with E-state index in [1.807, 2.05) is 30.3 Å². The zero-order valence-corrected chi connectivity index (χ0v) is 15.4. The van der Waals surface area contributed by atoms with Gasteiger partial charge in [-0.25, -0.2) is 4.98 Å². The second-order valence-corrected chi connectivity index (χ2v) is 6.09.